The number of carbonyl (C=O) groups is 2. The summed E-state index contributed by atoms with van der Waals surface area (Å²) in [5.74, 6) is 0.496. The number of amides is 2. The maximum Gasteiger partial charge on any atom is 0.251 e. The number of imide groups is 1. The molecular formula is C21H25N5O2. The molecule has 3 heterocycles. The van der Waals surface area contributed by atoms with E-state index in [0.717, 1.165) is 36.0 Å². The molecule has 0 unspecified atom stereocenters. The Morgan fingerprint density at radius 3 is 2.11 bits per heavy atom. The van der Waals surface area contributed by atoms with Crippen LogP contribution in [0.25, 0.3) is 0 Å². The van der Waals surface area contributed by atoms with Crippen LogP contribution in [0, 0.1) is 20.8 Å². The van der Waals surface area contributed by atoms with Crippen molar-refractivity contribution in [3.8, 4) is 0 Å². The molecule has 2 aliphatic heterocycles. The zero-order valence-corrected chi connectivity index (χ0v) is 16.6. The van der Waals surface area contributed by atoms with Crippen LogP contribution in [0.3, 0.4) is 0 Å². The van der Waals surface area contributed by atoms with Gasteiger partial charge in [0.25, 0.3) is 5.91 Å². The summed E-state index contributed by atoms with van der Waals surface area (Å²) < 4.78 is 0. The highest BCUT2D eigenvalue weighted by atomic mass is 16.2. The molecule has 0 spiro atoms. The number of anilines is 2. The monoisotopic (exact) mass is 379 g/mol. The van der Waals surface area contributed by atoms with Crippen LogP contribution in [0.4, 0.5) is 11.6 Å². The summed E-state index contributed by atoms with van der Waals surface area (Å²) in [6, 6.07) is 9.10. The number of nitrogens with zero attached hydrogens (tertiary/aromatic N) is 5. The number of carbonyl (C=O) groups excluding carboxylic acids is 2. The molecule has 2 fully saturated rings. The van der Waals surface area contributed by atoms with E-state index in [-0.39, 0.29) is 24.3 Å². The minimum Gasteiger partial charge on any atom is -0.338 e. The largest absolute Gasteiger partial charge is 0.338 e. The quantitative estimate of drug-likeness (QED) is 0.758. The second-order valence-electron chi connectivity index (χ2n) is 7.60. The zero-order valence-electron chi connectivity index (χ0n) is 16.6. The SMILES string of the molecule is Cc1ccc(N2C(=O)C[C@@H](N3CCN(c4nc(C)cc(C)n4)CC3)C2=O)cc1. The number of benzene rings is 1. The van der Waals surface area contributed by atoms with Gasteiger partial charge in [0.1, 0.15) is 0 Å². The normalized spacial score (nSPS) is 20.9. The molecule has 1 aromatic carbocycles. The molecule has 146 valence electrons. The molecule has 2 aliphatic rings. The lowest BCUT2D eigenvalue weighted by molar-refractivity contribution is -0.123. The van der Waals surface area contributed by atoms with E-state index < -0.39 is 0 Å². The van der Waals surface area contributed by atoms with Gasteiger partial charge in [0.2, 0.25) is 11.9 Å². The van der Waals surface area contributed by atoms with Crippen LogP contribution in [-0.2, 0) is 9.59 Å². The molecule has 7 nitrogen and oxygen atoms in total. The third kappa shape index (κ3) is 3.49. The number of hydrogen-bond acceptors (Lipinski definition) is 6. The lowest BCUT2D eigenvalue weighted by atomic mass is 10.1. The molecule has 0 N–H and O–H groups in total. The van der Waals surface area contributed by atoms with Gasteiger partial charge in [-0.3, -0.25) is 14.5 Å². The van der Waals surface area contributed by atoms with Gasteiger partial charge < -0.3 is 4.90 Å². The van der Waals surface area contributed by atoms with Gasteiger partial charge in [-0.25, -0.2) is 14.9 Å². The molecule has 2 aromatic rings. The van der Waals surface area contributed by atoms with E-state index in [1.807, 2.05) is 51.1 Å². The van der Waals surface area contributed by atoms with Gasteiger partial charge in [0, 0.05) is 37.6 Å². The number of piperazine rings is 1. The van der Waals surface area contributed by atoms with E-state index in [1.54, 1.807) is 0 Å². The van der Waals surface area contributed by atoms with Crippen molar-refractivity contribution in [2.45, 2.75) is 33.2 Å². The average Bonchev–Trinajstić information content (AvgIpc) is 2.96. The van der Waals surface area contributed by atoms with Crippen LogP contribution in [0.2, 0.25) is 0 Å². The Labute approximate surface area is 165 Å². The van der Waals surface area contributed by atoms with Crippen LogP contribution in [0.15, 0.2) is 30.3 Å². The molecule has 0 bridgehead atoms. The van der Waals surface area contributed by atoms with Crippen molar-refractivity contribution in [3.05, 3.63) is 47.3 Å². The summed E-state index contributed by atoms with van der Waals surface area (Å²) in [4.78, 5) is 40.2. The molecule has 7 heteroatoms. The Morgan fingerprint density at radius 2 is 1.50 bits per heavy atom. The van der Waals surface area contributed by atoms with Crippen LogP contribution < -0.4 is 9.80 Å². The smallest absolute Gasteiger partial charge is 0.251 e. The summed E-state index contributed by atoms with van der Waals surface area (Å²) in [6.07, 6.45) is 0.243. The summed E-state index contributed by atoms with van der Waals surface area (Å²) in [6.45, 7) is 8.83. The maximum absolute atomic E-state index is 13.0. The first-order valence-corrected chi connectivity index (χ1v) is 9.67. The van der Waals surface area contributed by atoms with Gasteiger partial charge in [0.15, 0.2) is 0 Å². The minimum absolute atomic E-state index is 0.120. The fourth-order valence-electron chi connectivity index (χ4n) is 3.95. The fourth-order valence-corrected chi connectivity index (χ4v) is 3.95. The third-order valence-corrected chi connectivity index (χ3v) is 5.42. The molecule has 0 radical (unpaired) electrons. The van der Waals surface area contributed by atoms with Crippen molar-refractivity contribution in [1.82, 2.24) is 14.9 Å². The second-order valence-corrected chi connectivity index (χ2v) is 7.60. The molecule has 28 heavy (non-hydrogen) atoms. The van der Waals surface area contributed by atoms with Gasteiger partial charge in [-0.05, 0) is 39.0 Å². The topological polar surface area (TPSA) is 69.6 Å². The molecule has 1 aromatic heterocycles. The van der Waals surface area contributed by atoms with Crippen LogP contribution >= 0.6 is 0 Å². The van der Waals surface area contributed by atoms with Gasteiger partial charge in [-0.2, -0.15) is 0 Å². The van der Waals surface area contributed by atoms with Crippen molar-refractivity contribution in [3.63, 3.8) is 0 Å². The first kappa shape index (κ1) is 18.6. The molecule has 0 aliphatic carbocycles. The van der Waals surface area contributed by atoms with E-state index >= 15 is 0 Å². The minimum atomic E-state index is -0.379. The van der Waals surface area contributed by atoms with E-state index in [0.29, 0.717) is 18.8 Å². The van der Waals surface area contributed by atoms with Gasteiger partial charge in [-0.1, -0.05) is 17.7 Å². The first-order valence-electron chi connectivity index (χ1n) is 9.67. The molecule has 2 saturated heterocycles. The summed E-state index contributed by atoms with van der Waals surface area (Å²) in [5, 5.41) is 0. The lowest BCUT2D eigenvalue weighted by Crippen LogP contribution is -2.53. The number of aromatic nitrogens is 2. The van der Waals surface area contributed by atoms with Gasteiger partial charge in [0.05, 0.1) is 18.2 Å². The van der Waals surface area contributed by atoms with Gasteiger partial charge >= 0.3 is 0 Å². The average molecular weight is 379 g/mol. The van der Waals surface area contributed by atoms with Crippen LogP contribution in [0.1, 0.15) is 23.4 Å². The highest BCUT2D eigenvalue weighted by Gasteiger charge is 2.43. The predicted octanol–water partition coefficient (Wildman–Crippen LogP) is 1.86. The molecule has 4 rings (SSSR count). The van der Waals surface area contributed by atoms with E-state index in [9.17, 15) is 9.59 Å². The summed E-state index contributed by atoms with van der Waals surface area (Å²) in [5.41, 5.74) is 3.67. The Balaban J connectivity index is 1.44. The first-order chi connectivity index (χ1) is 13.4. The Kier molecular flexibility index (Phi) is 4.85. The maximum atomic E-state index is 13.0. The number of hydrogen-bond donors (Lipinski definition) is 0. The van der Waals surface area contributed by atoms with Crippen LogP contribution in [-0.4, -0.2) is 58.9 Å². The Morgan fingerprint density at radius 1 is 0.893 bits per heavy atom. The molecule has 1 atom stereocenters. The van der Waals surface area contributed by atoms with E-state index in [4.69, 9.17) is 0 Å². The zero-order chi connectivity index (χ0) is 19.8. The molecule has 0 saturated carbocycles. The van der Waals surface area contributed by atoms with E-state index in [2.05, 4.69) is 19.8 Å². The summed E-state index contributed by atoms with van der Waals surface area (Å²) >= 11 is 0. The van der Waals surface area contributed by atoms with Crippen molar-refractivity contribution in [2.24, 2.45) is 0 Å². The summed E-state index contributed by atoms with van der Waals surface area (Å²) in [7, 11) is 0. The highest BCUT2D eigenvalue weighted by Crippen LogP contribution is 2.27. The Hall–Kier alpha value is -2.80. The van der Waals surface area contributed by atoms with Crippen molar-refractivity contribution < 1.29 is 9.59 Å². The molecule has 2 amide bonds. The number of aryl methyl sites for hydroxylation is 3. The van der Waals surface area contributed by atoms with E-state index in [1.165, 1.54) is 4.90 Å². The van der Waals surface area contributed by atoms with Crippen molar-refractivity contribution in [1.29, 1.82) is 0 Å². The van der Waals surface area contributed by atoms with Crippen LogP contribution in [0.5, 0.6) is 0 Å². The fraction of sp³-hybridized carbons (Fsp3) is 0.429. The number of rotatable bonds is 3. The molecular weight excluding hydrogens is 354 g/mol. The Bertz CT molecular complexity index is 883. The highest BCUT2D eigenvalue weighted by molar-refractivity contribution is 6.22. The second kappa shape index (κ2) is 7.31. The lowest BCUT2D eigenvalue weighted by Gasteiger charge is -2.37. The van der Waals surface area contributed by atoms with Crippen molar-refractivity contribution >= 4 is 23.5 Å². The third-order valence-electron chi connectivity index (χ3n) is 5.42. The standard InChI is InChI=1S/C21H25N5O2/c1-14-4-6-17(7-5-14)26-19(27)13-18(20(26)28)24-8-10-25(11-9-24)21-22-15(2)12-16(3)23-21/h4-7,12,18H,8-11,13H2,1-3H3/t18-/m1/s1. The predicted molar refractivity (Wildman–Crippen MR) is 107 cm³/mol. The van der Waals surface area contributed by atoms with Gasteiger partial charge in [-0.15, -0.1) is 0 Å². The van der Waals surface area contributed by atoms with Crippen molar-refractivity contribution in [2.75, 3.05) is 36.0 Å².